The van der Waals surface area contributed by atoms with Crippen molar-refractivity contribution in [1.82, 2.24) is 4.98 Å². The van der Waals surface area contributed by atoms with Gasteiger partial charge in [0.1, 0.15) is 0 Å². The molecule has 1 atom stereocenters. The van der Waals surface area contributed by atoms with Crippen LogP contribution in [0.15, 0.2) is 18.2 Å². The summed E-state index contributed by atoms with van der Waals surface area (Å²) >= 11 is 1.69. The van der Waals surface area contributed by atoms with Gasteiger partial charge in [-0.1, -0.05) is 29.3 Å². The minimum Gasteiger partial charge on any atom is -0.392 e. The lowest BCUT2D eigenvalue weighted by Crippen LogP contribution is -2.14. The van der Waals surface area contributed by atoms with E-state index in [0.717, 1.165) is 10.7 Å². The number of nitrogens with zero attached hydrogens (tertiary/aromatic N) is 1. The Kier molecular flexibility index (Phi) is 4.38. The Labute approximate surface area is 119 Å². The number of aromatic nitrogens is 1. The fourth-order valence-corrected chi connectivity index (χ4v) is 3.36. The van der Waals surface area contributed by atoms with E-state index in [0.29, 0.717) is 12.8 Å². The van der Waals surface area contributed by atoms with Crippen LogP contribution in [0.4, 0.5) is 0 Å². The van der Waals surface area contributed by atoms with Crippen molar-refractivity contribution in [2.45, 2.75) is 46.6 Å². The summed E-state index contributed by atoms with van der Waals surface area (Å²) in [5.74, 6) is 0. The molecule has 0 amide bonds. The number of benzene rings is 1. The molecule has 0 radical (unpaired) electrons. The third kappa shape index (κ3) is 3.88. The van der Waals surface area contributed by atoms with Crippen molar-refractivity contribution in [2.75, 3.05) is 0 Å². The molecule has 0 saturated carbocycles. The van der Waals surface area contributed by atoms with Gasteiger partial charge in [0.05, 0.1) is 16.8 Å². The molecule has 2 rings (SSSR count). The fraction of sp³-hybridized carbons (Fsp3) is 0.438. The summed E-state index contributed by atoms with van der Waals surface area (Å²) in [6, 6.07) is 6.45. The number of rotatable bonds is 4. The highest BCUT2D eigenvalue weighted by atomic mass is 32.1. The number of hydrogen-bond acceptors (Lipinski definition) is 3. The van der Waals surface area contributed by atoms with Crippen LogP contribution in [0.2, 0.25) is 0 Å². The standard InChI is InChI=1S/C16H21NOS/c1-10-5-11(2)7-14(6-10)8-15(18)9-16-17-12(3)13(4)19-16/h5-7,15,18H,8-9H2,1-4H3. The molecule has 0 aliphatic rings. The number of thiazole rings is 1. The van der Waals surface area contributed by atoms with E-state index in [1.54, 1.807) is 11.3 Å². The zero-order valence-electron chi connectivity index (χ0n) is 12.0. The molecule has 0 fully saturated rings. The second kappa shape index (κ2) is 5.85. The van der Waals surface area contributed by atoms with Crippen molar-refractivity contribution in [3.63, 3.8) is 0 Å². The number of aliphatic hydroxyl groups is 1. The lowest BCUT2D eigenvalue weighted by molar-refractivity contribution is 0.175. The summed E-state index contributed by atoms with van der Waals surface area (Å²) in [7, 11) is 0. The SMILES string of the molecule is Cc1cc(C)cc(CC(O)Cc2nc(C)c(C)s2)c1. The van der Waals surface area contributed by atoms with Crippen LogP contribution in [0.5, 0.6) is 0 Å². The Balaban J connectivity index is 2.02. The fourth-order valence-electron chi connectivity index (χ4n) is 2.36. The highest BCUT2D eigenvalue weighted by Gasteiger charge is 2.11. The van der Waals surface area contributed by atoms with E-state index in [1.165, 1.54) is 21.6 Å². The molecule has 102 valence electrons. The summed E-state index contributed by atoms with van der Waals surface area (Å²) < 4.78 is 0. The second-order valence-electron chi connectivity index (χ2n) is 5.31. The monoisotopic (exact) mass is 275 g/mol. The molecular formula is C16H21NOS. The van der Waals surface area contributed by atoms with Crippen molar-refractivity contribution in [2.24, 2.45) is 0 Å². The number of aliphatic hydroxyl groups excluding tert-OH is 1. The van der Waals surface area contributed by atoms with Crippen LogP contribution in [0.25, 0.3) is 0 Å². The molecule has 1 heterocycles. The Morgan fingerprint density at radius 2 is 1.68 bits per heavy atom. The molecule has 0 aliphatic heterocycles. The van der Waals surface area contributed by atoms with Crippen LogP contribution < -0.4 is 0 Å². The first-order valence-electron chi connectivity index (χ1n) is 6.62. The molecule has 19 heavy (non-hydrogen) atoms. The van der Waals surface area contributed by atoms with E-state index in [2.05, 4.69) is 44.0 Å². The van der Waals surface area contributed by atoms with E-state index >= 15 is 0 Å². The zero-order chi connectivity index (χ0) is 14.0. The van der Waals surface area contributed by atoms with E-state index in [4.69, 9.17) is 0 Å². The quantitative estimate of drug-likeness (QED) is 0.926. The molecule has 1 N–H and O–H groups in total. The lowest BCUT2D eigenvalue weighted by atomic mass is 10.0. The highest BCUT2D eigenvalue weighted by Crippen LogP contribution is 2.19. The van der Waals surface area contributed by atoms with Crippen molar-refractivity contribution in [1.29, 1.82) is 0 Å². The van der Waals surface area contributed by atoms with Crippen LogP contribution in [-0.4, -0.2) is 16.2 Å². The smallest absolute Gasteiger partial charge is 0.0956 e. The molecular weight excluding hydrogens is 254 g/mol. The summed E-state index contributed by atoms with van der Waals surface area (Å²) in [4.78, 5) is 5.73. The topological polar surface area (TPSA) is 33.1 Å². The molecule has 2 aromatic rings. The van der Waals surface area contributed by atoms with E-state index in [9.17, 15) is 5.11 Å². The highest BCUT2D eigenvalue weighted by molar-refractivity contribution is 7.11. The Hall–Kier alpha value is -1.19. The minimum atomic E-state index is -0.355. The largest absolute Gasteiger partial charge is 0.392 e. The summed E-state index contributed by atoms with van der Waals surface area (Å²) in [5.41, 5.74) is 4.79. The van der Waals surface area contributed by atoms with Crippen LogP contribution in [0.1, 0.15) is 32.3 Å². The van der Waals surface area contributed by atoms with Crippen molar-refractivity contribution >= 4 is 11.3 Å². The molecule has 0 bridgehead atoms. The summed E-state index contributed by atoms with van der Waals surface area (Å²) in [5, 5.41) is 11.2. The van der Waals surface area contributed by atoms with Crippen molar-refractivity contribution in [3.05, 3.63) is 50.5 Å². The van der Waals surface area contributed by atoms with E-state index in [1.807, 2.05) is 6.92 Å². The lowest BCUT2D eigenvalue weighted by Gasteiger charge is -2.10. The van der Waals surface area contributed by atoms with Crippen molar-refractivity contribution < 1.29 is 5.11 Å². The van der Waals surface area contributed by atoms with Crippen LogP contribution in [0, 0.1) is 27.7 Å². The molecule has 1 aromatic heterocycles. The van der Waals surface area contributed by atoms with Gasteiger partial charge in [0.2, 0.25) is 0 Å². The van der Waals surface area contributed by atoms with Crippen molar-refractivity contribution in [3.8, 4) is 0 Å². The van der Waals surface area contributed by atoms with Crippen LogP contribution in [-0.2, 0) is 12.8 Å². The van der Waals surface area contributed by atoms with Gasteiger partial charge in [0.25, 0.3) is 0 Å². The van der Waals surface area contributed by atoms with E-state index in [-0.39, 0.29) is 6.10 Å². The molecule has 0 aliphatic carbocycles. The van der Waals surface area contributed by atoms with Gasteiger partial charge in [-0.3, -0.25) is 0 Å². The molecule has 0 spiro atoms. The van der Waals surface area contributed by atoms with Gasteiger partial charge < -0.3 is 5.11 Å². The first-order chi connectivity index (χ1) is 8.94. The number of hydrogen-bond donors (Lipinski definition) is 1. The first-order valence-corrected chi connectivity index (χ1v) is 7.44. The zero-order valence-corrected chi connectivity index (χ0v) is 12.8. The molecule has 1 unspecified atom stereocenters. The minimum absolute atomic E-state index is 0.355. The average Bonchev–Trinajstić information content (AvgIpc) is 2.55. The van der Waals surface area contributed by atoms with Gasteiger partial charge in [-0.2, -0.15) is 0 Å². The van der Waals surface area contributed by atoms with Gasteiger partial charge in [-0.15, -0.1) is 11.3 Å². The third-order valence-electron chi connectivity index (χ3n) is 3.24. The van der Waals surface area contributed by atoms with Gasteiger partial charge in [-0.05, 0) is 39.7 Å². The summed E-state index contributed by atoms with van der Waals surface area (Å²) in [6.07, 6.45) is 0.984. The van der Waals surface area contributed by atoms with Gasteiger partial charge in [0, 0.05) is 11.3 Å². The van der Waals surface area contributed by atoms with Crippen LogP contribution in [0.3, 0.4) is 0 Å². The molecule has 3 heteroatoms. The second-order valence-corrected chi connectivity index (χ2v) is 6.59. The van der Waals surface area contributed by atoms with Crippen LogP contribution >= 0.6 is 11.3 Å². The summed E-state index contributed by atoms with van der Waals surface area (Å²) in [6.45, 7) is 8.28. The number of aryl methyl sites for hydroxylation is 4. The van der Waals surface area contributed by atoms with E-state index < -0.39 is 0 Å². The van der Waals surface area contributed by atoms with Gasteiger partial charge in [0.15, 0.2) is 0 Å². The molecule has 1 aromatic carbocycles. The Bertz CT molecular complexity index is 534. The predicted molar refractivity (Wildman–Crippen MR) is 80.9 cm³/mol. The van der Waals surface area contributed by atoms with Gasteiger partial charge >= 0.3 is 0 Å². The molecule has 2 nitrogen and oxygen atoms in total. The first kappa shape index (κ1) is 14.2. The average molecular weight is 275 g/mol. The Morgan fingerprint density at radius 1 is 1.05 bits per heavy atom. The maximum absolute atomic E-state index is 10.2. The van der Waals surface area contributed by atoms with Gasteiger partial charge in [-0.25, -0.2) is 4.98 Å². The predicted octanol–water partition coefficient (Wildman–Crippen LogP) is 3.52. The Morgan fingerprint density at radius 3 is 2.21 bits per heavy atom. The maximum Gasteiger partial charge on any atom is 0.0956 e. The maximum atomic E-state index is 10.2. The molecule has 0 saturated heterocycles. The third-order valence-corrected chi connectivity index (χ3v) is 4.33. The normalized spacial score (nSPS) is 12.7.